The van der Waals surface area contributed by atoms with Crippen LogP contribution in [-0.4, -0.2) is 43.2 Å². The molecule has 0 spiro atoms. The molecule has 0 saturated carbocycles. The van der Waals surface area contributed by atoms with Crippen LogP contribution < -0.4 is 5.73 Å². The van der Waals surface area contributed by atoms with E-state index in [9.17, 15) is 4.79 Å². The molecule has 2 N–H and O–H groups in total. The summed E-state index contributed by atoms with van der Waals surface area (Å²) in [6, 6.07) is 8.26. The summed E-state index contributed by atoms with van der Waals surface area (Å²) in [5.41, 5.74) is 6.71. The molecule has 0 radical (unpaired) electrons. The van der Waals surface area contributed by atoms with Gasteiger partial charge in [0, 0.05) is 36.8 Å². The number of rotatable bonds is 2. The topological polar surface area (TPSA) is 55.6 Å². The van der Waals surface area contributed by atoms with Gasteiger partial charge < -0.3 is 15.4 Å². The van der Waals surface area contributed by atoms with Gasteiger partial charge in [-0.1, -0.05) is 28.1 Å². The molecule has 0 aliphatic carbocycles. The van der Waals surface area contributed by atoms with Crippen molar-refractivity contribution in [3.63, 3.8) is 0 Å². The highest BCUT2D eigenvalue weighted by Crippen LogP contribution is 2.38. The predicted octanol–water partition coefficient (Wildman–Crippen LogP) is 2.87. The zero-order valence-electron chi connectivity index (χ0n) is 13.2. The number of amides is 1. The van der Waals surface area contributed by atoms with E-state index in [1.165, 1.54) is 0 Å². The highest BCUT2D eigenvalue weighted by atomic mass is 79.9. The van der Waals surface area contributed by atoms with Gasteiger partial charge in [0.05, 0.1) is 5.41 Å². The second-order valence-electron chi connectivity index (χ2n) is 6.36. The quantitative estimate of drug-likeness (QED) is 0.826. The number of likely N-dealkylation sites (tertiary alicyclic amines) is 1. The van der Waals surface area contributed by atoms with Crippen LogP contribution in [0.15, 0.2) is 28.7 Å². The van der Waals surface area contributed by atoms with Gasteiger partial charge in [-0.05, 0) is 43.4 Å². The van der Waals surface area contributed by atoms with Crippen LogP contribution in [0.4, 0.5) is 0 Å². The zero-order chi connectivity index (χ0) is 15.6. The fraction of sp³-hybridized carbons (Fsp3) is 0.588. The Hall–Kier alpha value is -0.620. The average molecular weight is 404 g/mol. The van der Waals surface area contributed by atoms with Gasteiger partial charge in [0.2, 0.25) is 5.91 Å². The first-order valence-corrected chi connectivity index (χ1v) is 8.80. The number of hydrogen-bond acceptors (Lipinski definition) is 3. The van der Waals surface area contributed by atoms with Crippen molar-refractivity contribution in [1.82, 2.24) is 4.90 Å². The van der Waals surface area contributed by atoms with Crippen molar-refractivity contribution >= 4 is 34.2 Å². The lowest BCUT2D eigenvalue weighted by Crippen LogP contribution is -2.54. The Bertz CT molecular complexity index is 549. The Labute approximate surface area is 152 Å². The molecule has 2 heterocycles. The number of nitrogens with two attached hydrogens (primary N) is 1. The van der Waals surface area contributed by atoms with Gasteiger partial charge in [-0.15, -0.1) is 12.4 Å². The predicted molar refractivity (Wildman–Crippen MR) is 96.9 cm³/mol. The SMILES string of the molecule is Cl.NC1CCCN(C(=O)C2(c3cccc(Br)c3)CCOCC2)C1. The molecule has 6 heteroatoms. The number of nitrogens with zero attached hydrogens (tertiary/aromatic N) is 1. The highest BCUT2D eigenvalue weighted by Gasteiger charge is 2.44. The van der Waals surface area contributed by atoms with Crippen molar-refractivity contribution in [2.45, 2.75) is 37.1 Å². The third kappa shape index (κ3) is 3.90. The van der Waals surface area contributed by atoms with Gasteiger partial charge in [0.25, 0.3) is 0 Å². The summed E-state index contributed by atoms with van der Waals surface area (Å²) in [6.45, 7) is 2.77. The molecule has 1 atom stereocenters. The Balaban J connectivity index is 0.00000192. The van der Waals surface area contributed by atoms with E-state index in [1.54, 1.807) is 0 Å². The lowest BCUT2D eigenvalue weighted by atomic mass is 9.72. The smallest absolute Gasteiger partial charge is 0.233 e. The molecule has 3 rings (SSSR count). The second-order valence-corrected chi connectivity index (χ2v) is 7.27. The van der Waals surface area contributed by atoms with Crippen LogP contribution in [0.3, 0.4) is 0 Å². The molecule has 4 nitrogen and oxygen atoms in total. The fourth-order valence-electron chi connectivity index (χ4n) is 3.63. The zero-order valence-corrected chi connectivity index (χ0v) is 15.6. The lowest BCUT2D eigenvalue weighted by molar-refractivity contribution is -0.142. The van der Waals surface area contributed by atoms with Gasteiger partial charge in [-0.3, -0.25) is 4.79 Å². The summed E-state index contributed by atoms with van der Waals surface area (Å²) in [5, 5.41) is 0. The number of ether oxygens (including phenoxy) is 1. The van der Waals surface area contributed by atoms with E-state index in [0.717, 1.165) is 42.3 Å². The number of carbonyl (C=O) groups excluding carboxylic acids is 1. The number of carbonyl (C=O) groups is 1. The van der Waals surface area contributed by atoms with Crippen LogP contribution in [0.2, 0.25) is 0 Å². The maximum Gasteiger partial charge on any atom is 0.233 e. The molecule has 1 aromatic rings. The third-order valence-corrected chi connectivity index (χ3v) is 5.37. The van der Waals surface area contributed by atoms with Crippen LogP contribution in [-0.2, 0) is 14.9 Å². The van der Waals surface area contributed by atoms with Crippen LogP contribution in [0, 0.1) is 0 Å². The highest BCUT2D eigenvalue weighted by molar-refractivity contribution is 9.10. The maximum absolute atomic E-state index is 13.3. The van der Waals surface area contributed by atoms with E-state index in [1.807, 2.05) is 17.0 Å². The molecule has 0 bridgehead atoms. The molecular formula is C17H24BrClN2O2. The maximum atomic E-state index is 13.3. The van der Waals surface area contributed by atoms with Crippen LogP contribution in [0.1, 0.15) is 31.2 Å². The monoisotopic (exact) mass is 402 g/mol. The van der Waals surface area contributed by atoms with E-state index in [2.05, 4.69) is 28.1 Å². The van der Waals surface area contributed by atoms with Gasteiger partial charge in [-0.25, -0.2) is 0 Å². The van der Waals surface area contributed by atoms with E-state index < -0.39 is 5.41 Å². The summed E-state index contributed by atoms with van der Waals surface area (Å²) in [6.07, 6.45) is 3.50. The van der Waals surface area contributed by atoms with E-state index in [-0.39, 0.29) is 24.4 Å². The molecular weight excluding hydrogens is 380 g/mol. The van der Waals surface area contributed by atoms with E-state index >= 15 is 0 Å². The van der Waals surface area contributed by atoms with E-state index in [4.69, 9.17) is 10.5 Å². The number of hydrogen-bond donors (Lipinski definition) is 1. The van der Waals surface area contributed by atoms with Gasteiger partial charge >= 0.3 is 0 Å². The second kappa shape index (κ2) is 7.97. The summed E-state index contributed by atoms with van der Waals surface area (Å²) >= 11 is 3.53. The molecule has 2 fully saturated rings. The number of halogens is 2. The largest absolute Gasteiger partial charge is 0.381 e. The normalized spacial score (nSPS) is 23.9. The van der Waals surface area contributed by atoms with Crippen molar-refractivity contribution in [2.24, 2.45) is 5.73 Å². The minimum Gasteiger partial charge on any atom is -0.381 e. The van der Waals surface area contributed by atoms with Gasteiger partial charge in [-0.2, -0.15) is 0 Å². The number of piperidine rings is 1. The lowest BCUT2D eigenvalue weighted by Gasteiger charge is -2.42. The Morgan fingerprint density at radius 1 is 1.35 bits per heavy atom. The van der Waals surface area contributed by atoms with Gasteiger partial charge in [0.15, 0.2) is 0 Å². The first-order chi connectivity index (χ1) is 10.6. The van der Waals surface area contributed by atoms with Gasteiger partial charge in [0.1, 0.15) is 0 Å². The summed E-state index contributed by atoms with van der Waals surface area (Å²) < 4.78 is 6.54. The van der Waals surface area contributed by atoms with Crippen LogP contribution in [0.25, 0.3) is 0 Å². The van der Waals surface area contributed by atoms with Crippen molar-refractivity contribution in [3.8, 4) is 0 Å². The number of benzene rings is 1. The molecule has 1 unspecified atom stereocenters. The molecule has 128 valence electrons. The minimum absolute atomic E-state index is 0. The first kappa shape index (κ1) is 18.7. The molecule has 2 saturated heterocycles. The molecule has 2 aliphatic heterocycles. The molecule has 2 aliphatic rings. The molecule has 0 aromatic heterocycles. The molecule has 1 amide bonds. The molecule has 1 aromatic carbocycles. The van der Waals surface area contributed by atoms with Crippen molar-refractivity contribution < 1.29 is 9.53 Å². The summed E-state index contributed by atoms with van der Waals surface area (Å²) in [5.74, 6) is 0.226. The summed E-state index contributed by atoms with van der Waals surface area (Å²) in [7, 11) is 0. The van der Waals surface area contributed by atoms with Crippen LogP contribution >= 0.6 is 28.3 Å². The van der Waals surface area contributed by atoms with Crippen LogP contribution in [0.5, 0.6) is 0 Å². The minimum atomic E-state index is -0.459. The standard InChI is InChI=1S/C17H23BrN2O2.ClH/c18-14-4-1-3-13(11-14)17(6-9-22-10-7-17)16(21)20-8-2-5-15(19)12-20;/h1,3-4,11,15H,2,5-10,12,19H2;1H. The third-order valence-electron chi connectivity index (χ3n) is 4.88. The average Bonchev–Trinajstić information content (AvgIpc) is 2.55. The Morgan fingerprint density at radius 3 is 2.74 bits per heavy atom. The van der Waals surface area contributed by atoms with E-state index in [0.29, 0.717) is 19.8 Å². The fourth-order valence-corrected chi connectivity index (χ4v) is 4.03. The van der Waals surface area contributed by atoms with Crippen molar-refractivity contribution in [1.29, 1.82) is 0 Å². The van der Waals surface area contributed by atoms with Crippen molar-refractivity contribution in [3.05, 3.63) is 34.3 Å². The summed E-state index contributed by atoms with van der Waals surface area (Å²) in [4.78, 5) is 15.3. The first-order valence-electron chi connectivity index (χ1n) is 8.00. The van der Waals surface area contributed by atoms with Crippen molar-refractivity contribution in [2.75, 3.05) is 26.3 Å². The Morgan fingerprint density at radius 2 is 2.09 bits per heavy atom. The molecule has 23 heavy (non-hydrogen) atoms. The Kier molecular flexibility index (Phi) is 6.48.